The molecule has 82 valence electrons. The molecule has 0 amide bonds. The Morgan fingerprint density at radius 2 is 2.27 bits per heavy atom. The van der Waals surface area contributed by atoms with Gasteiger partial charge in [-0.25, -0.2) is 0 Å². The molecule has 0 aromatic carbocycles. The standard InChI is InChI=1S/C10H15N3S2/c14-10-12-11-9(7-3-4-7)13(10)8-2-1-5-15-6-8/h7-8H,1-6H2,(H,12,14). The number of nitrogens with zero attached hydrogens (tertiary/aromatic N) is 2. The Morgan fingerprint density at radius 3 is 2.93 bits per heavy atom. The molecule has 1 N–H and O–H groups in total. The summed E-state index contributed by atoms with van der Waals surface area (Å²) in [7, 11) is 0. The molecule has 1 atom stereocenters. The van der Waals surface area contributed by atoms with Crippen molar-refractivity contribution in [3.05, 3.63) is 10.6 Å². The largest absolute Gasteiger partial charge is 0.300 e. The van der Waals surface area contributed by atoms with E-state index in [1.807, 2.05) is 11.8 Å². The summed E-state index contributed by atoms with van der Waals surface area (Å²) in [5, 5.41) is 7.35. The second-order valence-electron chi connectivity index (χ2n) is 4.40. The fourth-order valence-electron chi connectivity index (χ4n) is 2.23. The van der Waals surface area contributed by atoms with Crippen LogP contribution in [0.2, 0.25) is 0 Å². The number of hydrogen-bond acceptors (Lipinski definition) is 3. The minimum atomic E-state index is 0.589. The van der Waals surface area contributed by atoms with Crippen molar-refractivity contribution in [3.63, 3.8) is 0 Å². The van der Waals surface area contributed by atoms with Gasteiger partial charge in [0, 0.05) is 17.7 Å². The van der Waals surface area contributed by atoms with E-state index < -0.39 is 0 Å². The van der Waals surface area contributed by atoms with Gasteiger partial charge in [0.15, 0.2) is 4.77 Å². The monoisotopic (exact) mass is 241 g/mol. The van der Waals surface area contributed by atoms with E-state index in [0.29, 0.717) is 12.0 Å². The van der Waals surface area contributed by atoms with Crippen LogP contribution in [0.5, 0.6) is 0 Å². The van der Waals surface area contributed by atoms with Crippen LogP contribution in [-0.4, -0.2) is 26.3 Å². The maximum atomic E-state index is 5.34. The lowest BCUT2D eigenvalue weighted by atomic mass is 10.2. The van der Waals surface area contributed by atoms with Gasteiger partial charge in [-0.3, -0.25) is 9.67 Å². The molecule has 1 aromatic heterocycles. The molecule has 0 bridgehead atoms. The SMILES string of the molecule is S=c1[nH]nc(C2CC2)n1C1CCCSC1. The van der Waals surface area contributed by atoms with Crippen LogP contribution in [0.4, 0.5) is 0 Å². The lowest BCUT2D eigenvalue weighted by Crippen LogP contribution is -2.18. The Kier molecular flexibility index (Phi) is 2.60. The first kappa shape index (κ1) is 9.90. The van der Waals surface area contributed by atoms with Gasteiger partial charge < -0.3 is 0 Å². The van der Waals surface area contributed by atoms with Crippen molar-refractivity contribution in [1.29, 1.82) is 0 Å². The molecule has 0 spiro atoms. The van der Waals surface area contributed by atoms with Crippen LogP contribution in [0.25, 0.3) is 0 Å². The predicted octanol–water partition coefficient (Wildman–Crippen LogP) is 2.89. The van der Waals surface area contributed by atoms with Crippen molar-refractivity contribution >= 4 is 24.0 Å². The normalized spacial score (nSPS) is 26.8. The Morgan fingerprint density at radius 1 is 1.40 bits per heavy atom. The molecule has 2 heterocycles. The van der Waals surface area contributed by atoms with Crippen molar-refractivity contribution in [3.8, 4) is 0 Å². The highest BCUT2D eigenvalue weighted by Gasteiger charge is 2.31. The van der Waals surface area contributed by atoms with Gasteiger partial charge in [-0.05, 0) is 43.7 Å². The number of thioether (sulfide) groups is 1. The number of rotatable bonds is 2. The van der Waals surface area contributed by atoms with E-state index in [1.54, 1.807) is 0 Å². The summed E-state index contributed by atoms with van der Waals surface area (Å²) in [5.41, 5.74) is 0. The molecule has 2 aliphatic rings. The van der Waals surface area contributed by atoms with Crippen LogP contribution < -0.4 is 0 Å². The zero-order chi connectivity index (χ0) is 10.3. The molecular formula is C10H15N3S2. The minimum Gasteiger partial charge on any atom is -0.300 e. The van der Waals surface area contributed by atoms with E-state index in [9.17, 15) is 0 Å². The highest BCUT2D eigenvalue weighted by atomic mass is 32.2. The molecule has 5 heteroatoms. The van der Waals surface area contributed by atoms with Gasteiger partial charge in [-0.1, -0.05) is 0 Å². The number of hydrogen-bond donors (Lipinski definition) is 1. The third-order valence-corrected chi connectivity index (χ3v) is 4.66. The first-order valence-electron chi connectivity index (χ1n) is 5.61. The van der Waals surface area contributed by atoms with Crippen LogP contribution in [0.3, 0.4) is 0 Å². The summed E-state index contributed by atoms with van der Waals surface area (Å²) >= 11 is 7.38. The second-order valence-corrected chi connectivity index (χ2v) is 5.94. The highest BCUT2D eigenvalue weighted by Crippen LogP contribution is 2.41. The van der Waals surface area contributed by atoms with Crippen LogP contribution in [0, 0.1) is 4.77 Å². The number of H-pyrrole nitrogens is 1. The molecule has 3 nitrogen and oxygen atoms in total. The summed E-state index contributed by atoms with van der Waals surface area (Å²) in [4.78, 5) is 0. The van der Waals surface area contributed by atoms with Gasteiger partial charge in [-0.15, -0.1) is 0 Å². The van der Waals surface area contributed by atoms with Crippen molar-refractivity contribution in [2.75, 3.05) is 11.5 Å². The molecule has 3 rings (SSSR count). The summed E-state index contributed by atoms with van der Waals surface area (Å²) in [6, 6.07) is 0.589. The molecule has 1 saturated carbocycles. The van der Waals surface area contributed by atoms with Crippen molar-refractivity contribution in [2.45, 2.75) is 37.6 Å². The van der Waals surface area contributed by atoms with Crippen molar-refractivity contribution in [1.82, 2.24) is 14.8 Å². The van der Waals surface area contributed by atoms with E-state index in [2.05, 4.69) is 14.8 Å². The minimum absolute atomic E-state index is 0.589. The van der Waals surface area contributed by atoms with E-state index in [1.165, 1.54) is 43.0 Å². The topological polar surface area (TPSA) is 33.6 Å². The van der Waals surface area contributed by atoms with Gasteiger partial charge >= 0.3 is 0 Å². The third-order valence-electron chi connectivity index (χ3n) is 3.18. The highest BCUT2D eigenvalue weighted by molar-refractivity contribution is 7.99. The van der Waals surface area contributed by atoms with Crippen LogP contribution in [0.1, 0.15) is 43.5 Å². The van der Waals surface area contributed by atoms with Crippen LogP contribution in [0.15, 0.2) is 0 Å². The Labute approximate surface area is 98.6 Å². The fraction of sp³-hybridized carbons (Fsp3) is 0.800. The second kappa shape index (κ2) is 3.94. The van der Waals surface area contributed by atoms with Crippen molar-refractivity contribution in [2.24, 2.45) is 0 Å². The molecule has 1 aromatic rings. The van der Waals surface area contributed by atoms with Gasteiger partial charge in [0.2, 0.25) is 0 Å². The molecule has 1 unspecified atom stereocenters. The molecule has 1 saturated heterocycles. The molecule has 15 heavy (non-hydrogen) atoms. The Balaban J connectivity index is 1.93. The van der Waals surface area contributed by atoms with Crippen molar-refractivity contribution < 1.29 is 0 Å². The lowest BCUT2D eigenvalue weighted by molar-refractivity contribution is 0.477. The first-order valence-corrected chi connectivity index (χ1v) is 7.17. The van der Waals surface area contributed by atoms with Gasteiger partial charge in [0.1, 0.15) is 5.82 Å². The average molecular weight is 241 g/mol. The van der Waals surface area contributed by atoms with E-state index in [0.717, 1.165) is 4.77 Å². The van der Waals surface area contributed by atoms with E-state index in [-0.39, 0.29) is 0 Å². The van der Waals surface area contributed by atoms with Gasteiger partial charge in [-0.2, -0.15) is 16.9 Å². The maximum Gasteiger partial charge on any atom is 0.195 e. The summed E-state index contributed by atoms with van der Waals surface area (Å²) < 4.78 is 3.11. The lowest BCUT2D eigenvalue weighted by Gasteiger charge is -2.23. The zero-order valence-electron chi connectivity index (χ0n) is 8.61. The first-order chi connectivity index (χ1) is 7.36. The Bertz CT molecular complexity index is 399. The molecule has 1 aliphatic carbocycles. The average Bonchev–Trinajstić information content (AvgIpc) is 3.04. The van der Waals surface area contributed by atoms with Gasteiger partial charge in [0.25, 0.3) is 0 Å². The summed E-state index contributed by atoms with van der Waals surface area (Å²) in [6.45, 7) is 0. The third kappa shape index (κ3) is 1.87. The van der Waals surface area contributed by atoms with E-state index >= 15 is 0 Å². The van der Waals surface area contributed by atoms with E-state index in [4.69, 9.17) is 12.2 Å². The smallest absolute Gasteiger partial charge is 0.195 e. The molecule has 1 aliphatic heterocycles. The number of nitrogens with one attached hydrogen (secondary N) is 1. The Hall–Kier alpha value is -0.290. The number of aromatic amines is 1. The summed E-state index contributed by atoms with van der Waals surface area (Å²) in [5.74, 6) is 4.41. The van der Waals surface area contributed by atoms with Crippen LogP contribution in [-0.2, 0) is 0 Å². The summed E-state index contributed by atoms with van der Waals surface area (Å²) in [6.07, 6.45) is 5.16. The number of aromatic nitrogens is 3. The fourth-order valence-corrected chi connectivity index (χ4v) is 3.64. The zero-order valence-corrected chi connectivity index (χ0v) is 10.2. The molecule has 0 radical (unpaired) electrons. The quantitative estimate of drug-likeness (QED) is 0.808. The molecule has 2 fully saturated rings. The molecular weight excluding hydrogens is 226 g/mol. The predicted molar refractivity (Wildman–Crippen MR) is 65.0 cm³/mol. The van der Waals surface area contributed by atoms with Gasteiger partial charge in [0.05, 0.1) is 0 Å². The van der Waals surface area contributed by atoms with Crippen LogP contribution >= 0.6 is 24.0 Å². The maximum absolute atomic E-state index is 5.34.